The number of nitrogens with zero attached hydrogens (tertiary/aromatic N) is 2. The number of benzene rings is 1. The van der Waals surface area contributed by atoms with Crippen LogP contribution < -0.4 is 0 Å². The van der Waals surface area contributed by atoms with Crippen molar-refractivity contribution in [2.45, 2.75) is 26.2 Å². The van der Waals surface area contributed by atoms with Crippen molar-refractivity contribution in [1.82, 2.24) is 9.78 Å². The van der Waals surface area contributed by atoms with Gasteiger partial charge in [0.1, 0.15) is 0 Å². The molecule has 0 amide bonds. The van der Waals surface area contributed by atoms with Crippen LogP contribution in [-0.2, 0) is 6.42 Å². The van der Waals surface area contributed by atoms with E-state index in [1.165, 1.54) is 0 Å². The second-order valence-corrected chi connectivity index (χ2v) is 4.95. The second kappa shape index (κ2) is 4.25. The van der Waals surface area contributed by atoms with Crippen LogP contribution in [0.3, 0.4) is 0 Å². The third kappa shape index (κ3) is 1.66. The monoisotopic (exact) mass is 260 g/mol. The van der Waals surface area contributed by atoms with E-state index in [2.05, 4.69) is 5.10 Å². The summed E-state index contributed by atoms with van der Waals surface area (Å²) in [6.07, 6.45) is 2.40. The molecule has 2 aromatic rings. The Morgan fingerprint density at radius 3 is 2.83 bits per heavy atom. The number of rotatable bonds is 1. The average molecular weight is 261 g/mol. The fraction of sp³-hybridized carbons (Fsp3) is 0.286. The van der Waals surface area contributed by atoms with Gasteiger partial charge in [0.25, 0.3) is 0 Å². The third-order valence-electron chi connectivity index (χ3n) is 3.33. The van der Waals surface area contributed by atoms with Crippen LogP contribution >= 0.6 is 11.6 Å². The molecule has 0 atom stereocenters. The summed E-state index contributed by atoms with van der Waals surface area (Å²) in [5.41, 5.74) is 3.44. The van der Waals surface area contributed by atoms with Crippen molar-refractivity contribution in [3.05, 3.63) is 46.2 Å². The third-order valence-corrected chi connectivity index (χ3v) is 3.65. The molecule has 1 aromatic heterocycles. The zero-order valence-electron chi connectivity index (χ0n) is 10.1. The summed E-state index contributed by atoms with van der Waals surface area (Å²) < 4.78 is 1.82. The molecular formula is C14H13ClN2O. The molecule has 0 saturated carbocycles. The maximum atomic E-state index is 11.9. The quantitative estimate of drug-likeness (QED) is 0.788. The van der Waals surface area contributed by atoms with Crippen LogP contribution in [0.15, 0.2) is 24.3 Å². The van der Waals surface area contributed by atoms with Crippen molar-refractivity contribution >= 4 is 17.4 Å². The zero-order valence-corrected chi connectivity index (χ0v) is 10.9. The normalized spacial score (nSPS) is 14.7. The lowest BCUT2D eigenvalue weighted by Gasteiger charge is -2.14. The van der Waals surface area contributed by atoms with Crippen molar-refractivity contribution in [1.29, 1.82) is 0 Å². The second-order valence-electron chi connectivity index (χ2n) is 4.55. The molecule has 0 N–H and O–H groups in total. The Kier molecular flexibility index (Phi) is 2.71. The molecular weight excluding hydrogens is 248 g/mol. The highest BCUT2D eigenvalue weighted by atomic mass is 35.5. The van der Waals surface area contributed by atoms with E-state index < -0.39 is 0 Å². The molecule has 3 rings (SSSR count). The molecule has 1 heterocycles. The van der Waals surface area contributed by atoms with Gasteiger partial charge in [0, 0.05) is 6.42 Å². The fourth-order valence-electron chi connectivity index (χ4n) is 2.53. The first-order chi connectivity index (χ1) is 8.68. The van der Waals surface area contributed by atoms with Gasteiger partial charge >= 0.3 is 0 Å². The topological polar surface area (TPSA) is 34.9 Å². The van der Waals surface area contributed by atoms with Crippen LogP contribution in [0, 0.1) is 6.92 Å². The number of carbonyl (C=O) groups is 1. The summed E-state index contributed by atoms with van der Waals surface area (Å²) in [6.45, 7) is 1.88. The Morgan fingerprint density at radius 2 is 2.06 bits per heavy atom. The largest absolute Gasteiger partial charge is 0.294 e. The van der Waals surface area contributed by atoms with Crippen LogP contribution in [0.5, 0.6) is 0 Å². The first kappa shape index (κ1) is 11.5. The van der Waals surface area contributed by atoms with Gasteiger partial charge < -0.3 is 0 Å². The lowest BCUT2D eigenvalue weighted by atomic mass is 9.94. The van der Waals surface area contributed by atoms with Crippen LogP contribution in [0.2, 0.25) is 5.02 Å². The average Bonchev–Trinajstić information content (AvgIpc) is 2.69. The minimum atomic E-state index is 0.201. The standard InChI is InChI=1S/C14H13ClN2O/c1-9-14-12(7-4-8-13(14)18)17(16-9)11-6-3-2-5-10(11)15/h2-3,5-6H,4,7-8H2,1H3. The number of para-hydroxylation sites is 1. The summed E-state index contributed by atoms with van der Waals surface area (Å²) in [5, 5.41) is 5.14. The molecule has 0 saturated heterocycles. The van der Waals surface area contributed by atoms with Gasteiger partial charge in [0.15, 0.2) is 5.78 Å². The van der Waals surface area contributed by atoms with Gasteiger partial charge in [-0.15, -0.1) is 0 Å². The van der Waals surface area contributed by atoms with Gasteiger partial charge in [-0.25, -0.2) is 4.68 Å². The Morgan fingerprint density at radius 1 is 1.28 bits per heavy atom. The molecule has 0 aliphatic heterocycles. The number of aromatic nitrogens is 2. The van der Waals surface area contributed by atoms with E-state index in [0.717, 1.165) is 35.5 Å². The van der Waals surface area contributed by atoms with Crippen LogP contribution in [0.4, 0.5) is 0 Å². The van der Waals surface area contributed by atoms with Gasteiger partial charge in [-0.3, -0.25) is 4.79 Å². The van der Waals surface area contributed by atoms with E-state index in [0.29, 0.717) is 11.4 Å². The predicted octanol–water partition coefficient (Wildman–Crippen LogP) is 3.35. The molecule has 0 radical (unpaired) electrons. The van der Waals surface area contributed by atoms with E-state index >= 15 is 0 Å². The molecule has 1 aliphatic carbocycles. The Bertz CT molecular complexity index is 631. The number of aryl methyl sites for hydroxylation is 1. The van der Waals surface area contributed by atoms with Crippen molar-refractivity contribution < 1.29 is 4.79 Å². The lowest BCUT2D eigenvalue weighted by Crippen LogP contribution is -2.13. The Balaban J connectivity index is 2.23. The van der Waals surface area contributed by atoms with E-state index in [-0.39, 0.29) is 5.78 Å². The van der Waals surface area contributed by atoms with E-state index in [1.807, 2.05) is 35.9 Å². The van der Waals surface area contributed by atoms with E-state index in [1.54, 1.807) is 0 Å². The molecule has 18 heavy (non-hydrogen) atoms. The van der Waals surface area contributed by atoms with E-state index in [9.17, 15) is 4.79 Å². The smallest absolute Gasteiger partial charge is 0.166 e. The molecule has 1 aliphatic rings. The van der Waals surface area contributed by atoms with Crippen LogP contribution in [0.25, 0.3) is 5.69 Å². The van der Waals surface area contributed by atoms with Crippen LogP contribution in [0.1, 0.15) is 34.6 Å². The summed E-state index contributed by atoms with van der Waals surface area (Å²) in [7, 11) is 0. The Hall–Kier alpha value is -1.61. The molecule has 3 nitrogen and oxygen atoms in total. The van der Waals surface area contributed by atoms with Crippen molar-refractivity contribution in [2.24, 2.45) is 0 Å². The number of ketones is 1. The van der Waals surface area contributed by atoms with Gasteiger partial charge in [-0.2, -0.15) is 5.10 Å². The fourth-order valence-corrected chi connectivity index (χ4v) is 2.75. The maximum Gasteiger partial charge on any atom is 0.166 e. The van der Waals surface area contributed by atoms with Gasteiger partial charge in [-0.1, -0.05) is 23.7 Å². The van der Waals surface area contributed by atoms with Crippen molar-refractivity contribution in [3.8, 4) is 5.69 Å². The number of halogens is 1. The minimum Gasteiger partial charge on any atom is -0.294 e. The number of fused-ring (bicyclic) bond motifs is 1. The summed E-state index contributed by atoms with van der Waals surface area (Å²) in [4.78, 5) is 11.9. The van der Waals surface area contributed by atoms with Gasteiger partial charge in [-0.05, 0) is 31.9 Å². The number of hydrogen-bond donors (Lipinski definition) is 0. The molecule has 4 heteroatoms. The Labute approximate surface area is 110 Å². The van der Waals surface area contributed by atoms with Gasteiger partial charge in [0.05, 0.1) is 27.7 Å². The highest BCUT2D eigenvalue weighted by molar-refractivity contribution is 6.32. The minimum absolute atomic E-state index is 0.201. The first-order valence-electron chi connectivity index (χ1n) is 6.05. The van der Waals surface area contributed by atoms with Crippen LogP contribution in [-0.4, -0.2) is 15.6 Å². The molecule has 0 bridgehead atoms. The lowest BCUT2D eigenvalue weighted by molar-refractivity contribution is 0.0971. The van der Waals surface area contributed by atoms with E-state index in [4.69, 9.17) is 11.6 Å². The van der Waals surface area contributed by atoms with Crippen molar-refractivity contribution in [2.75, 3.05) is 0 Å². The molecule has 0 unspecified atom stereocenters. The highest BCUT2D eigenvalue weighted by Crippen LogP contribution is 2.29. The molecule has 1 aromatic carbocycles. The number of Topliss-reactive ketones (excluding diaryl/α,β-unsaturated/α-hetero) is 1. The predicted molar refractivity (Wildman–Crippen MR) is 70.6 cm³/mol. The highest BCUT2D eigenvalue weighted by Gasteiger charge is 2.25. The maximum absolute atomic E-state index is 11.9. The summed E-state index contributed by atoms with van der Waals surface area (Å²) in [5.74, 6) is 0.201. The summed E-state index contributed by atoms with van der Waals surface area (Å²) >= 11 is 6.20. The SMILES string of the molecule is Cc1nn(-c2ccccc2Cl)c2c1C(=O)CCC2. The zero-order chi connectivity index (χ0) is 12.7. The molecule has 0 spiro atoms. The molecule has 92 valence electrons. The van der Waals surface area contributed by atoms with Gasteiger partial charge in [0.2, 0.25) is 0 Å². The first-order valence-corrected chi connectivity index (χ1v) is 6.43. The van der Waals surface area contributed by atoms with Crippen molar-refractivity contribution in [3.63, 3.8) is 0 Å². The summed E-state index contributed by atoms with van der Waals surface area (Å²) in [6, 6.07) is 7.58. The number of carbonyl (C=O) groups excluding carboxylic acids is 1. The number of hydrogen-bond acceptors (Lipinski definition) is 2. The molecule has 0 fully saturated rings.